The van der Waals surface area contributed by atoms with E-state index >= 15 is 0 Å². The predicted octanol–water partition coefficient (Wildman–Crippen LogP) is 5.99. The molecule has 0 N–H and O–H groups in total. The molecule has 0 unspecified atom stereocenters. The van der Waals surface area contributed by atoms with Crippen molar-refractivity contribution in [2.45, 2.75) is 11.0 Å². The molecular formula is C24H22O3S2. The van der Waals surface area contributed by atoms with E-state index in [0.29, 0.717) is 16.1 Å². The van der Waals surface area contributed by atoms with Crippen molar-refractivity contribution >= 4 is 29.5 Å². The second kappa shape index (κ2) is 9.42. The standard InChI is InChI=1S/C24H22O3S2/c1-26-22-16-20(24-28-13-14-29-24)11-12-21(22)27-23(25)15-17-7-9-19(10-8-17)18-5-3-2-4-6-18/h2-12,16,24H,13-15H2,1H3. The van der Waals surface area contributed by atoms with Gasteiger partial charge in [-0.2, -0.15) is 0 Å². The van der Waals surface area contributed by atoms with Crippen LogP contribution in [0.5, 0.6) is 11.5 Å². The molecule has 1 fully saturated rings. The lowest BCUT2D eigenvalue weighted by atomic mass is 10.0. The van der Waals surface area contributed by atoms with Crippen LogP contribution in [-0.2, 0) is 11.2 Å². The van der Waals surface area contributed by atoms with Gasteiger partial charge in [0.05, 0.1) is 18.1 Å². The van der Waals surface area contributed by atoms with E-state index in [0.717, 1.165) is 28.2 Å². The second-order valence-electron chi connectivity index (χ2n) is 6.70. The third kappa shape index (κ3) is 4.98. The SMILES string of the molecule is COc1cc(C2SCCS2)ccc1OC(=O)Cc1ccc(-c2ccccc2)cc1. The second-order valence-corrected chi connectivity index (χ2v) is 9.42. The van der Waals surface area contributed by atoms with E-state index in [2.05, 4.69) is 12.1 Å². The van der Waals surface area contributed by atoms with Gasteiger partial charge in [0, 0.05) is 11.5 Å². The first-order chi connectivity index (χ1) is 14.2. The molecule has 1 saturated heterocycles. The number of ether oxygens (including phenoxy) is 2. The maximum Gasteiger partial charge on any atom is 0.315 e. The lowest BCUT2D eigenvalue weighted by molar-refractivity contribution is -0.133. The van der Waals surface area contributed by atoms with Crippen molar-refractivity contribution in [2.24, 2.45) is 0 Å². The molecule has 148 valence electrons. The number of hydrogen-bond donors (Lipinski definition) is 0. The van der Waals surface area contributed by atoms with Crippen LogP contribution in [0.1, 0.15) is 15.7 Å². The molecule has 1 heterocycles. The van der Waals surface area contributed by atoms with Crippen molar-refractivity contribution in [2.75, 3.05) is 18.6 Å². The summed E-state index contributed by atoms with van der Waals surface area (Å²) in [6, 6.07) is 24.0. The molecule has 0 aliphatic carbocycles. The number of hydrogen-bond acceptors (Lipinski definition) is 5. The fourth-order valence-electron chi connectivity index (χ4n) is 3.24. The molecule has 0 spiro atoms. The minimum absolute atomic E-state index is 0.217. The van der Waals surface area contributed by atoms with Crippen molar-refractivity contribution in [3.8, 4) is 22.6 Å². The molecule has 4 rings (SSSR count). The average Bonchev–Trinajstić information content (AvgIpc) is 3.30. The van der Waals surface area contributed by atoms with E-state index in [4.69, 9.17) is 9.47 Å². The molecule has 0 radical (unpaired) electrons. The van der Waals surface area contributed by atoms with Gasteiger partial charge in [-0.3, -0.25) is 4.79 Å². The Hall–Kier alpha value is -2.37. The Bertz CT molecular complexity index is 965. The first-order valence-electron chi connectivity index (χ1n) is 9.49. The molecule has 0 aromatic heterocycles. The third-order valence-corrected chi connectivity index (χ3v) is 7.82. The highest BCUT2D eigenvalue weighted by Gasteiger charge is 2.20. The molecule has 3 aromatic rings. The Labute approximate surface area is 179 Å². The minimum Gasteiger partial charge on any atom is -0.493 e. The number of benzene rings is 3. The summed E-state index contributed by atoms with van der Waals surface area (Å²) >= 11 is 3.87. The topological polar surface area (TPSA) is 35.5 Å². The van der Waals surface area contributed by atoms with Crippen LogP contribution < -0.4 is 9.47 Å². The number of thioether (sulfide) groups is 2. The first-order valence-corrected chi connectivity index (χ1v) is 11.6. The van der Waals surface area contributed by atoms with E-state index in [1.54, 1.807) is 7.11 Å². The lowest BCUT2D eigenvalue weighted by Gasteiger charge is -2.13. The Balaban J connectivity index is 1.41. The summed E-state index contributed by atoms with van der Waals surface area (Å²) in [5, 5.41) is 0. The summed E-state index contributed by atoms with van der Waals surface area (Å²) in [6.07, 6.45) is 0.217. The van der Waals surface area contributed by atoms with Gasteiger partial charge in [0.2, 0.25) is 0 Å². The van der Waals surface area contributed by atoms with Crippen molar-refractivity contribution in [3.63, 3.8) is 0 Å². The number of carbonyl (C=O) groups excluding carboxylic acids is 1. The van der Waals surface area contributed by atoms with Crippen molar-refractivity contribution < 1.29 is 14.3 Å². The fraction of sp³-hybridized carbons (Fsp3) is 0.208. The van der Waals surface area contributed by atoms with Crippen molar-refractivity contribution in [3.05, 3.63) is 83.9 Å². The van der Waals surface area contributed by atoms with Gasteiger partial charge in [0.25, 0.3) is 0 Å². The molecular weight excluding hydrogens is 400 g/mol. The predicted molar refractivity (Wildman–Crippen MR) is 122 cm³/mol. The number of rotatable bonds is 6. The Kier molecular flexibility index (Phi) is 6.47. The number of esters is 1. The van der Waals surface area contributed by atoms with Crippen molar-refractivity contribution in [1.82, 2.24) is 0 Å². The fourth-order valence-corrected chi connectivity index (χ4v) is 6.08. The monoisotopic (exact) mass is 422 g/mol. The van der Waals surface area contributed by atoms with Gasteiger partial charge in [0.15, 0.2) is 11.5 Å². The average molecular weight is 423 g/mol. The highest BCUT2D eigenvalue weighted by atomic mass is 32.2. The summed E-state index contributed by atoms with van der Waals surface area (Å²) in [6.45, 7) is 0. The number of methoxy groups -OCH3 is 1. The van der Waals surface area contributed by atoms with Gasteiger partial charge in [0.1, 0.15) is 0 Å². The van der Waals surface area contributed by atoms with Crippen LogP contribution in [0.2, 0.25) is 0 Å². The van der Waals surface area contributed by atoms with Crippen LogP contribution in [0.25, 0.3) is 11.1 Å². The van der Waals surface area contributed by atoms with Crippen LogP contribution in [0.3, 0.4) is 0 Å². The summed E-state index contributed by atoms with van der Waals surface area (Å²) in [5.41, 5.74) is 4.40. The summed E-state index contributed by atoms with van der Waals surface area (Å²) in [7, 11) is 1.60. The lowest BCUT2D eigenvalue weighted by Crippen LogP contribution is -2.12. The summed E-state index contributed by atoms with van der Waals surface area (Å²) in [4.78, 5) is 12.5. The van der Waals surface area contributed by atoms with Crippen molar-refractivity contribution in [1.29, 1.82) is 0 Å². The zero-order valence-corrected chi connectivity index (χ0v) is 17.8. The van der Waals surface area contributed by atoms with E-state index in [9.17, 15) is 4.79 Å². The van der Waals surface area contributed by atoms with Gasteiger partial charge in [-0.25, -0.2) is 0 Å². The third-order valence-electron chi connectivity index (χ3n) is 4.71. The van der Waals surface area contributed by atoms with E-state index in [1.165, 1.54) is 5.56 Å². The van der Waals surface area contributed by atoms with Crippen LogP contribution >= 0.6 is 23.5 Å². The zero-order valence-electron chi connectivity index (χ0n) is 16.2. The van der Waals surface area contributed by atoms with E-state index < -0.39 is 0 Å². The smallest absolute Gasteiger partial charge is 0.315 e. The molecule has 3 nitrogen and oxygen atoms in total. The molecule has 1 aliphatic rings. The van der Waals surface area contributed by atoms with Gasteiger partial charge >= 0.3 is 5.97 Å². The molecule has 1 aliphatic heterocycles. The van der Waals surface area contributed by atoms with Crippen LogP contribution in [0.4, 0.5) is 0 Å². The molecule has 0 saturated carbocycles. The Morgan fingerprint density at radius 2 is 1.59 bits per heavy atom. The molecule has 0 amide bonds. The van der Waals surface area contributed by atoms with E-state index in [1.807, 2.05) is 84.2 Å². The van der Waals surface area contributed by atoms with Gasteiger partial charge in [-0.15, -0.1) is 23.5 Å². The van der Waals surface area contributed by atoms with E-state index in [-0.39, 0.29) is 12.4 Å². The summed E-state index contributed by atoms with van der Waals surface area (Å²) in [5.74, 6) is 3.10. The van der Waals surface area contributed by atoms with Gasteiger partial charge < -0.3 is 9.47 Å². The molecule has 29 heavy (non-hydrogen) atoms. The van der Waals surface area contributed by atoms with Crippen LogP contribution in [-0.4, -0.2) is 24.6 Å². The highest BCUT2D eigenvalue weighted by Crippen LogP contribution is 2.46. The summed E-state index contributed by atoms with van der Waals surface area (Å²) < 4.78 is 11.5. The quantitative estimate of drug-likeness (QED) is 0.360. The van der Waals surface area contributed by atoms with Crippen LogP contribution in [0.15, 0.2) is 72.8 Å². The maximum absolute atomic E-state index is 12.5. The minimum atomic E-state index is -0.298. The van der Waals surface area contributed by atoms with Crippen LogP contribution in [0, 0.1) is 0 Å². The maximum atomic E-state index is 12.5. The van der Waals surface area contributed by atoms with Gasteiger partial charge in [-0.1, -0.05) is 60.7 Å². The Morgan fingerprint density at radius 3 is 2.28 bits per heavy atom. The molecule has 0 atom stereocenters. The number of carbonyl (C=O) groups is 1. The first kappa shape index (κ1) is 19.9. The normalized spacial score (nSPS) is 14.0. The van der Waals surface area contributed by atoms with Gasteiger partial charge in [-0.05, 0) is 34.4 Å². The Morgan fingerprint density at radius 1 is 0.897 bits per heavy atom. The largest absolute Gasteiger partial charge is 0.493 e. The molecule has 0 bridgehead atoms. The zero-order chi connectivity index (χ0) is 20.1. The highest BCUT2D eigenvalue weighted by molar-refractivity contribution is 8.19. The molecule has 3 aromatic carbocycles. The molecule has 5 heteroatoms.